The van der Waals surface area contributed by atoms with E-state index in [9.17, 15) is 20.1 Å². The molecule has 0 atom stereocenters. The number of rotatable bonds is 4. The molecule has 1 aromatic carbocycles. The van der Waals surface area contributed by atoms with Crippen LogP contribution in [0, 0.1) is 22.7 Å². The van der Waals surface area contributed by atoms with Gasteiger partial charge in [-0.3, -0.25) is 4.79 Å². The topological polar surface area (TPSA) is 155 Å². The van der Waals surface area contributed by atoms with Gasteiger partial charge in [0.15, 0.2) is 11.5 Å². The number of furan rings is 1. The quantitative estimate of drug-likeness (QED) is 0.518. The number of pyridine rings is 1. The normalized spacial score (nSPS) is 9.96. The molecule has 0 aliphatic carbocycles. The lowest BCUT2D eigenvalue weighted by Crippen LogP contribution is -2.16. The fourth-order valence-electron chi connectivity index (χ4n) is 2.58. The van der Waals surface area contributed by atoms with Crippen LogP contribution in [-0.4, -0.2) is 18.1 Å². The average Bonchev–Trinajstić information content (AvgIpc) is 3.23. The van der Waals surface area contributed by atoms with E-state index in [0.717, 1.165) is 0 Å². The maximum Gasteiger partial charge on any atom is 0.379 e. The lowest BCUT2D eigenvalue weighted by atomic mass is 9.96. The number of hydrogen-bond donors (Lipinski definition) is 2. The number of nitrogen functional groups attached to an aromatic ring is 1. The summed E-state index contributed by atoms with van der Waals surface area (Å²) >= 11 is 0. The highest BCUT2D eigenvalue weighted by atomic mass is 16.6. The summed E-state index contributed by atoms with van der Waals surface area (Å²) in [6, 6.07) is 11.0. The van der Waals surface area contributed by atoms with Crippen LogP contribution in [0.25, 0.3) is 11.1 Å². The van der Waals surface area contributed by atoms with Crippen molar-refractivity contribution in [2.75, 3.05) is 12.8 Å². The summed E-state index contributed by atoms with van der Waals surface area (Å²) in [4.78, 5) is 26.4. The zero-order valence-electron chi connectivity index (χ0n) is 14.5. The Labute approximate surface area is 158 Å². The maximum atomic E-state index is 12.1. The van der Waals surface area contributed by atoms with E-state index in [0.29, 0.717) is 5.56 Å². The predicted molar refractivity (Wildman–Crippen MR) is 96.6 cm³/mol. The molecule has 0 spiro atoms. The summed E-state index contributed by atoms with van der Waals surface area (Å²) in [5.74, 6) is -0.654. The molecule has 3 N–H and O–H groups in total. The molecule has 9 nitrogen and oxygen atoms in total. The van der Waals surface area contributed by atoms with Crippen molar-refractivity contribution >= 4 is 11.8 Å². The van der Waals surface area contributed by atoms with Gasteiger partial charge in [0.25, 0.3) is 5.56 Å². The lowest BCUT2D eigenvalue weighted by Gasteiger charge is -2.13. The lowest BCUT2D eigenvalue weighted by molar-refractivity contribution is 0.0696. The number of esters is 1. The minimum atomic E-state index is -0.730. The number of H-pyrrole nitrogens is 1. The molecular formula is C19H12N4O5. The number of anilines is 1. The van der Waals surface area contributed by atoms with Crippen molar-refractivity contribution in [2.24, 2.45) is 0 Å². The van der Waals surface area contributed by atoms with Gasteiger partial charge in [-0.2, -0.15) is 10.5 Å². The van der Waals surface area contributed by atoms with E-state index in [1.54, 1.807) is 12.1 Å². The summed E-state index contributed by atoms with van der Waals surface area (Å²) in [5, 5.41) is 18.8. The first-order valence-electron chi connectivity index (χ1n) is 7.80. The van der Waals surface area contributed by atoms with E-state index in [4.69, 9.17) is 19.6 Å². The summed E-state index contributed by atoms with van der Waals surface area (Å²) in [7, 11) is 1.35. The number of carbonyl (C=O) groups is 1. The van der Waals surface area contributed by atoms with E-state index in [2.05, 4.69) is 4.98 Å². The Morgan fingerprint density at radius 1 is 1.18 bits per heavy atom. The van der Waals surface area contributed by atoms with Gasteiger partial charge in [-0.1, -0.05) is 6.07 Å². The smallest absolute Gasteiger partial charge is 0.379 e. The van der Waals surface area contributed by atoms with E-state index in [-0.39, 0.29) is 39.8 Å². The van der Waals surface area contributed by atoms with E-state index >= 15 is 0 Å². The fourth-order valence-corrected chi connectivity index (χ4v) is 2.58. The standard InChI is InChI=1S/C19H12N4O5/c1-26-15-7-10(4-5-13(15)28-19(25)14-3-2-6-27-14)16-11(8-20)17(22)23-18(24)12(16)9-21/h2-7H,1H3,(H3,22,23,24). The molecule has 0 unspecified atom stereocenters. The van der Waals surface area contributed by atoms with Crippen LogP contribution in [0.4, 0.5) is 5.82 Å². The third-order valence-corrected chi connectivity index (χ3v) is 3.85. The number of nitrogens with one attached hydrogen (secondary N) is 1. The Kier molecular flexibility index (Phi) is 4.83. The van der Waals surface area contributed by atoms with Gasteiger partial charge in [0.2, 0.25) is 5.76 Å². The molecule has 138 valence electrons. The van der Waals surface area contributed by atoms with Crippen LogP contribution in [0.1, 0.15) is 21.7 Å². The van der Waals surface area contributed by atoms with Gasteiger partial charge in [-0.15, -0.1) is 0 Å². The van der Waals surface area contributed by atoms with Crippen LogP contribution in [0.3, 0.4) is 0 Å². The highest BCUT2D eigenvalue weighted by Gasteiger charge is 2.21. The number of methoxy groups -OCH3 is 1. The van der Waals surface area contributed by atoms with Gasteiger partial charge < -0.3 is 24.6 Å². The summed E-state index contributed by atoms with van der Waals surface area (Å²) in [6.45, 7) is 0. The molecule has 0 aliphatic rings. The van der Waals surface area contributed by atoms with Crippen molar-refractivity contribution in [3.8, 4) is 34.8 Å². The molecule has 9 heteroatoms. The van der Waals surface area contributed by atoms with E-state index < -0.39 is 11.5 Å². The molecule has 0 aliphatic heterocycles. The number of nitriles is 2. The minimum Gasteiger partial charge on any atom is -0.493 e. The molecule has 2 aromatic heterocycles. The van der Waals surface area contributed by atoms with Crippen molar-refractivity contribution in [1.29, 1.82) is 10.5 Å². The number of nitrogens with zero attached hydrogens (tertiary/aromatic N) is 2. The SMILES string of the molecule is COc1cc(-c2c(C#N)c(N)[nH]c(=O)c2C#N)ccc1OC(=O)c1ccco1. The van der Waals surface area contributed by atoms with Crippen LogP contribution in [0.5, 0.6) is 11.5 Å². The van der Waals surface area contributed by atoms with E-state index in [1.807, 2.05) is 6.07 Å². The molecule has 0 amide bonds. The molecule has 0 saturated carbocycles. The van der Waals surface area contributed by atoms with Crippen LogP contribution in [-0.2, 0) is 0 Å². The van der Waals surface area contributed by atoms with Crippen molar-refractivity contribution in [1.82, 2.24) is 4.98 Å². The molecule has 3 rings (SSSR count). The van der Waals surface area contributed by atoms with Crippen LogP contribution < -0.4 is 20.8 Å². The fraction of sp³-hybridized carbons (Fsp3) is 0.0526. The highest BCUT2D eigenvalue weighted by Crippen LogP contribution is 2.35. The van der Waals surface area contributed by atoms with Crippen molar-refractivity contribution < 1.29 is 18.7 Å². The third-order valence-electron chi connectivity index (χ3n) is 3.85. The van der Waals surface area contributed by atoms with Gasteiger partial charge >= 0.3 is 5.97 Å². The molecule has 28 heavy (non-hydrogen) atoms. The molecule has 0 saturated heterocycles. The highest BCUT2D eigenvalue weighted by molar-refractivity contribution is 5.89. The first-order chi connectivity index (χ1) is 13.5. The number of carbonyl (C=O) groups excluding carboxylic acids is 1. The molecular weight excluding hydrogens is 364 g/mol. The number of aromatic amines is 1. The number of nitrogens with two attached hydrogens (primary N) is 1. The summed E-state index contributed by atoms with van der Waals surface area (Å²) < 4.78 is 15.5. The molecule has 3 aromatic rings. The second-order valence-corrected chi connectivity index (χ2v) is 5.45. The second kappa shape index (κ2) is 7.40. The molecule has 0 radical (unpaired) electrons. The minimum absolute atomic E-state index is 0.00651. The van der Waals surface area contributed by atoms with Gasteiger partial charge in [0, 0.05) is 5.56 Å². The van der Waals surface area contributed by atoms with Crippen molar-refractivity contribution in [2.45, 2.75) is 0 Å². The molecule has 0 fully saturated rings. The monoisotopic (exact) mass is 376 g/mol. The first kappa shape index (κ1) is 18.3. The van der Waals surface area contributed by atoms with Crippen molar-refractivity contribution in [3.63, 3.8) is 0 Å². The first-order valence-corrected chi connectivity index (χ1v) is 7.80. The Morgan fingerprint density at radius 3 is 2.54 bits per heavy atom. The predicted octanol–water partition coefficient (Wildman–Crippen LogP) is 2.19. The van der Waals surface area contributed by atoms with Crippen LogP contribution >= 0.6 is 0 Å². The van der Waals surface area contributed by atoms with Gasteiger partial charge in [-0.05, 0) is 29.8 Å². The van der Waals surface area contributed by atoms with Gasteiger partial charge in [-0.25, -0.2) is 4.79 Å². The Morgan fingerprint density at radius 2 is 1.93 bits per heavy atom. The maximum absolute atomic E-state index is 12.1. The Hall–Kier alpha value is -4.50. The number of benzene rings is 1. The van der Waals surface area contributed by atoms with Crippen LogP contribution in [0.2, 0.25) is 0 Å². The second-order valence-electron chi connectivity index (χ2n) is 5.45. The summed E-state index contributed by atoms with van der Waals surface area (Å²) in [6.07, 6.45) is 1.33. The number of hydrogen-bond acceptors (Lipinski definition) is 8. The Balaban J connectivity index is 2.11. The number of aromatic nitrogens is 1. The van der Waals surface area contributed by atoms with Crippen LogP contribution in [0.15, 0.2) is 45.8 Å². The zero-order chi connectivity index (χ0) is 20.3. The van der Waals surface area contributed by atoms with E-state index in [1.165, 1.54) is 37.6 Å². The largest absolute Gasteiger partial charge is 0.493 e. The molecule has 2 heterocycles. The van der Waals surface area contributed by atoms with Crippen molar-refractivity contribution in [3.05, 3.63) is 63.8 Å². The Bertz CT molecular complexity index is 1200. The average molecular weight is 376 g/mol. The van der Waals surface area contributed by atoms with Gasteiger partial charge in [0.1, 0.15) is 29.1 Å². The third kappa shape index (κ3) is 3.16. The summed E-state index contributed by atoms with van der Waals surface area (Å²) in [5.41, 5.74) is 5.05. The number of ether oxygens (including phenoxy) is 2. The van der Waals surface area contributed by atoms with Gasteiger partial charge in [0.05, 0.1) is 13.4 Å². The zero-order valence-corrected chi connectivity index (χ0v) is 14.5. The molecule has 0 bridgehead atoms.